The number of rotatable bonds is 1. The first-order chi connectivity index (χ1) is 9.49. The standard InChI is InChI=1S/C14H7F2NO3/c15-7-1-4-12(11(16)5-7)17-13(19)9-3-2-8(18)6-10(9)14(17)20/h1-6,18H. The van der Waals surface area contributed by atoms with E-state index < -0.39 is 23.4 Å². The van der Waals surface area contributed by atoms with Crippen molar-refractivity contribution in [2.45, 2.75) is 0 Å². The molecule has 2 amide bonds. The molecule has 0 aliphatic carbocycles. The number of benzene rings is 2. The fourth-order valence-corrected chi connectivity index (χ4v) is 2.11. The monoisotopic (exact) mass is 275 g/mol. The van der Waals surface area contributed by atoms with Crippen molar-refractivity contribution >= 4 is 17.5 Å². The molecule has 0 aromatic heterocycles. The van der Waals surface area contributed by atoms with Gasteiger partial charge in [-0.15, -0.1) is 0 Å². The number of aromatic hydroxyl groups is 1. The molecule has 1 aliphatic rings. The molecule has 0 fully saturated rings. The van der Waals surface area contributed by atoms with E-state index in [0.29, 0.717) is 11.0 Å². The number of fused-ring (bicyclic) bond motifs is 1. The second-order valence-corrected chi connectivity index (χ2v) is 4.27. The number of carbonyl (C=O) groups excluding carboxylic acids is 2. The smallest absolute Gasteiger partial charge is 0.266 e. The summed E-state index contributed by atoms with van der Waals surface area (Å²) in [6, 6.07) is 6.25. The summed E-state index contributed by atoms with van der Waals surface area (Å²) >= 11 is 0. The highest BCUT2D eigenvalue weighted by atomic mass is 19.1. The minimum Gasteiger partial charge on any atom is -0.508 e. The number of hydrogen-bond donors (Lipinski definition) is 1. The lowest BCUT2D eigenvalue weighted by molar-refractivity contribution is 0.0924. The van der Waals surface area contributed by atoms with E-state index in [1.807, 2.05) is 0 Å². The Morgan fingerprint density at radius 1 is 0.900 bits per heavy atom. The van der Waals surface area contributed by atoms with Gasteiger partial charge in [0, 0.05) is 6.07 Å². The molecule has 2 aromatic carbocycles. The van der Waals surface area contributed by atoms with Gasteiger partial charge < -0.3 is 5.11 Å². The van der Waals surface area contributed by atoms with E-state index in [4.69, 9.17) is 0 Å². The first-order valence-electron chi connectivity index (χ1n) is 5.66. The van der Waals surface area contributed by atoms with Crippen LogP contribution in [0.3, 0.4) is 0 Å². The zero-order chi connectivity index (χ0) is 14.4. The molecule has 20 heavy (non-hydrogen) atoms. The molecule has 1 heterocycles. The zero-order valence-corrected chi connectivity index (χ0v) is 9.93. The first kappa shape index (κ1) is 12.3. The molecule has 4 nitrogen and oxygen atoms in total. The predicted molar refractivity (Wildman–Crippen MR) is 65.6 cm³/mol. The summed E-state index contributed by atoms with van der Waals surface area (Å²) in [5.41, 5.74) is -0.271. The van der Waals surface area contributed by atoms with Gasteiger partial charge in [-0.1, -0.05) is 0 Å². The van der Waals surface area contributed by atoms with Crippen molar-refractivity contribution in [3.8, 4) is 5.75 Å². The lowest BCUT2D eigenvalue weighted by atomic mass is 10.1. The summed E-state index contributed by atoms with van der Waals surface area (Å²) in [7, 11) is 0. The van der Waals surface area contributed by atoms with Crippen LogP contribution in [0.25, 0.3) is 0 Å². The van der Waals surface area contributed by atoms with Crippen LogP contribution in [0.4, 0.5) is 14.5 Å². The summed E-state index contributed by atoms with van der Waals surface area (Å²) in [4.78, 5) is 24.9. The lowest BCUT2D eigenvalue weighted by Crippen LogP contribution is -2.30. The van der Waals surface area contributed by atoms with Crippen LogP contribution < -0.4 is 4.90 Å². The Balaban J connectivity index is 2.14. The number of halogens is 2. The molecule has 0 saturated heterocycles. The highest BCUT2D eigenvalue weighted by Crippen LogP contribution is 2.31. The molecule has 1 aliphatic heterocycles. The van der Waals surface area contributed by atoms with Crippen LogP contribution in [0, 0.1) is 11.6 Å². The number of nitrogens with zero attached hydrogens (tertiary/aromatic N) is 1. The average molecular weight is 275 g/mol. The number of hydrogen-bond acceptors (Lipinski definition) is 3. The Morgan fingerprint density at radius 3 is 2.30 bits per heavy atom. The highest BCUT2D eigenvalue weighted by Gasteiger charge is 2.38. The van der Waals surface area contributed by atoms with Crippen molar-refractivity contribution in [3.05, 3.63) is 59.2 Å². The number of imide groups is 1. The molecular weight excluding hydrogens is 268 g/mol. The van der Waals surface area contributed by atoms with Gasteiger partial charge in [-0.25, -0.2) is 13.7 Å². The second kappa shape index (κ2) is 4.12. The fourth-order valence-electron chi connectivity index (χ4n) is 2.11. The van der Waals surface area contributed by atoms with E-state index in [1.165, 1.54) is 12.1 Å². The molecule has 1 N–H and O–H groups in total. The molecule has 2 aromatic rings. The van der Waals surface area contributed by atoms with Crippen LogP contribution in [-0.4, -0.2) is 16.9 Å². The van der Waals surface area contributed by atoms with Crippen molar-refractivity contribution in [2.75, 3.05) is 4.90 Å². The number of phenols is 1. The Morgan fingerprint density at radius 2 is 1.60 bits per heavy atom. The van der Waals surface area contributed by atoms with E-state index in [2.05, 4.69) is 0 Å². The van der Waals surface area contributed by atoms with Crippen molar-refractivity contribution in [1.29, 1.82) is 0 Å². The van der Waals surface area contributed by atoms with Gasteiger partial charge in [0.2, 0.25) is 0 Å². The number of anilines is 1. The van der Waals surface area contributed by atoms with Crippen molar-refractivity contribution < 1.29 is 23.5 Å². The molecule has 0 bridgehead atoms. The Labute approximate surface area is 111 Å². The third kappa shape index (κ3) is 1.65. The van der Waals surface area contributed by atoms with Crippen LogP contribution in [0.5, 0.6) is 5.75 Å². The topological polar surface area (TPSA) is 57.6 Å². The molecule has 0 radical (unpaired) electrons. The van der Waals surface area contributed by atoms with E-state index in [9.17, 15) is 23.5 Å². The molecule has 0 spiro atoms. The molecular formula is C14H7F2NO3. The van der Waals surface area contributed by atoms with E-state index in [1.54, 1.807) is 0 Å². The maximum atomic E-state index is 13.7. The molecule has 100 valence electrons. The fraction of sp³-hybridized carbons (Fsp3) is 0. The largest absolute Gasteiger partial charge is 0.508 e. The van der Waals surface area contributed by atoms with Crippen LogP contribution in [-0.2, 0) is 0 Å². The molecule has 0 atom stereocenters. The van der Waals surface area contributed by atoms with Gasteiger partial charge in [-0.2, -0.15) is 0 Å². The van der Waals surface area contributed by atoms with E-state index >= 15 is 0 Å². The minimum absolute atomic E-state index is 0.0151. The summed E-state index contributed by atoms with van der Waals surface area (Å²) in [6.45, 7) is 0. The van der Waals surface area contributed by atoms with Crippen LogP contribution in [0.2, 0.25) is 0 Å². The highest BCUT2D eigenvalue weighted by molar-refractivity contribution is 6.34. The second-order valence-electron chi connectivity index (χ2n) is 4.27. The van der Waals surface area contributed by atoms with Gasteiger partial charge in [0.15, 0.2) is 0 Å². The van der Waals surface area contributed by atoms with Crippen molar-refractivity contribution in [1.82, 2.24) is 0 Å². The van der Waals surface area contributed by atoms with Crippen LogP contribution in [0.15, 0.2) is 36.4 Å². The summed E-state index contributed by atoms with van der Waals surface area (Å²) in [6.07, 6.45) is 0. The van der Waals surface area contributed by atoms with E-state index in [-0.39, 0.29) is 22.6 Å². The van der Waals surface area contributed by atoms with Crippen molar-refractivity contribution in [3.63, 3.8) is 0 Å². The maximum Gasteiger partial charge on any atom is 0.266 e. The molecule has 6 heteroatoms. The molecule has 0 unspecified atom stereocenters. The predicted octanol–water partition coefficient (Wildman–Crippen LogP) is 2.47. The average Bonchev–Trinajstić information content (AvgIpc) is 2.63. The van der Waals surface area contributed by atoms with Gasteiger partial charge in [0.05, 0.1) is 16.8 Å². The number of carbonyl (C=O) groups is 2. The lowest BCUT2D eigenvalue weighted by Gasteiger charge is -2.14. The summed E-state index contributed by atoms with van der Waals surface area (Å²) < 4.78 is 26.6. The minimum atomic E-state index is -1.01. The van der Waals surface area contributed by atoms with Crippen LogP contribution >= 0.6 is 0 Å². The Kier molecular flexibility index (Phi) is 2.53. The summed E-state index contributed by atoms with van der Waals surface area (Å²) in [5, 5.41) is 9.34. The van der Waals surface area contributed by atoms with Gasteiger partial charge in [-0.3, -0.25) is 9.59 Å². The van der Waals surface area contributed by atoms with Gasteiger partial charge in [0.25, 0.3) is 11.8 Å². The zero-order valence-electron chi connectivity index (χ0n) is 9.93. The van der Waals surface area contributed by atoms with Gasteiger partial charge in [-0.05, 0) is 30.3 Å². The number of amides is 2. The molecule has 3 rings (SSSR count). The molecule has 0 saturated carbocycles. The summed E-state index contributed by atoms with van der Waals surface area (Å²) in [5.74, 6) is -3.46. The van der Waals surface area contributed by atoms with E-state index in [0.717, 1.165) is 18.2 Å². The maximum absolute atomic E-state index is 13.7. The van der Waals surface area contributed by atoms with Gasteiger partial charge in [0.1, 0.15) is 17.4 Å². The first-order valence-corrected chi connectivity index (χ1v) is 5.66. The normalized spacial score (nSPS) is 13.8. The quantitative estimate of drug-likeness (QED) is 0.813. The Bertz CT molecular complexity index is 758. The van der Waals surface area contributed by atoms with Crippen LogP contribution in [0.1, 0.15) is 20.7 Å². The van der Waals surface area contributed by atoms with Gasteiger partial charge >= 0.3 is 0 Å². The third-order valence-electron chi connectivity index (χ3n) is 3.02. The third-order valence-corrected chi connectivity index (χ3v) is 3.02. The Hall–Kier alpha value is -2.76. The SMILES string of the molecule is O=C1c2ccc(O)cc2C(=O)N1c1ccc(F)cc1F. The van der Waals surface area contributed by atoms with Crippen molar-refractivity contribution in [2.24, 2.45) is 0 Å². The number of phenolic OH excluding ortho intramolecular Hbond substituents is 1.